The van der Waals surface area contributed by atoms with Crippen molar-refractivity contribution in [1.82, 2.24) is 0 Å². The van der Waals surface area contributed by atoms with Gasteiger partial charge in [-0.15, -0.1) is 0 Å². The van der Waals surface area contributed by atoms with E-state index in [2.05, 4.69) is 0 Å². The first-order valence-electron chi connectivity index (χ1n) is 5.70. The number of nitrogens with two attached hydrogens (primary N) is 1. The molecule has 0 saturated carbocycles. The van der Waals surface area contributed by atoms with Crippen molar-refractivity contribution in [2.24, 2.45) is 5.73 Å². The van der Waals surface area contributed by atoms with E-state index in [0.717, 1.165) is 11.1 Å². The van der Waals surface area contributed by atoms with Crippen LogP contribution in [-0.4, -0.2) is 33.0 Å². The molecule has 1 aromatic rings. The van der Waals surface area contributed by atoms with Gasteiger partial charge in [0.25, 0.3) is 0 Å². The molecule has 0 aromatic heterocycles. The molecule has 1 rings (SSSR count). The Balaban J connectivity index is 2.39. The number of rotatable bonds is 7. The van der Waals surface area contributed by atoms with Crippen LogP contribution in [0.3, 0.4) is 0 Å². The summed E-state index contributed by atoms with van der Waals surface area (Å²) in [4.78, 5) is 0. The SMILES string of the molecule is COCCOCC(N)Cc1cc(F)ccc1C. The number of halogens is 1. The van der Waals surface area contributed by atoms with Gasteiger partial charge in [-0.3, -0.25) is 0 Å². The van der Waals surface area contributed by atoms with Gasteiger partial charge in [0.15, 0.2) is 0 Å². The molecule has 1 atom stereocenters. The van der Waals surface area contributed by atoms with Crippen LogP contribution in [0.15, 0.2) is 18.2 Å². The molecule has 0 aliphatic rings. The lowest BCUT2D eigenvalue weighted by molar-refractivity contribution is 0.0637. The second-order valence-corrected chi connectivity index (χ2v) is 4.10. The van der Waals surface area contributed by atoms with Crippen LogP contribution in [-0.2, 0) is 15.9 Å². The minimum absolute atomic E-state index is 0.118. The molecule has 0 radical (unpaired) electrons. The van der Waals surface area contributed by atoms with E-state index in [0.29, 0.717) is 26.2 Å². The third-order valence-corrected chi connectivity index (χ3v) is 2.56. The fourth-order valence-electron chi connectivity index (χ4n) is 1.58. The Labute approximate surface area is 102 Å². The summed E-state index contributed by atoms with van der Waals surface area (Å²) in [5.74, 6) is -0.224. The van der Waals surface area contributed by atoms with Gasteiger partial charge in [0.05, 0.1) is 19.8 Å². The zero-order valence-corrected chi connectivity index (χ0v) is 10.4. The predicted molar refractivity (Wildman–Crippen MR) is 65.5 cm³/mol. The summed E-state index contributed by atoms with van der Waals surface area (Å²) in [7, 11) is 1.62. The first-order valence-corrected chi connectivity index (χ1v) is 5.70. The monoisotopic (exact) mass is 241 g/mol. The third kappa shape index (κ3) is 5.26. The van der Waals surface area contributed by atoms with E-state index in [1.165, 1.54) is 12.1 Å². The summed E-state index contributed by atoms with van der Waals surface area (Å²) in [6.07, 6.45) is 0.622. The van der Waals surface area contributed by atoms with Gasteiger partial charge in [-0.05, 0) is 36.6 Å². The highest BCUT2D eigenvalue weighted by molar-refractivity contribution is 5.27. The summed E-state index contributed by atoms with van der Waals surface area (Å²) >= 11 is 0. The van der Waals surface area contributed by atoms with Crippen molar-refractivity contribution in [2.45, 2.75) is 19.4 Å². The van der Waals surface area contributed by atoms with Crippen LogP contribution in [0.5, 0.6) is 0 Å². The smallest absolute Gasteiger partial charge is 0.123 e. The Bertz CT molecular complexity index is 344. The minimum atomic E-state index is -0.224. The number of hydrogen-bond acceptors (Lipinski definition) is 3. The lowest BCUT2D eigenvalue weighted by Gasteiger charge is -2.13. The number of hydrogen-bond donors (Lipinski definition) is 1. The molecule has 2 N–H and O–H groups in total. The van der Waals surface area contributed by atoms with Crippen LogP contribution in [0.25, 0.3) is 0 Å². The molecule has 0 amide bonds. The summed E-state index contributed by atoms with van der Waals surface area (Å²) in [5, 5.41) is 0. The lowest BCUT2D eigenvalue weighted by atomic mass is 10.0. The van der Waals surface area contributed by atoms with Crippen molar-refractivity contribution in [3.63, 3.8) is 0 Å². The van der Waals surface area contributed by atoms with Gasteiger partial charge in [-0.1, -0.05) is 6.07 Å². The molecule has 1 unspecified atom stereocenters. The van der Waals surface area contributed by atoms with Gasteiger partial charge in [0.1, 0.15) is 5.82 Å². The van der Waals surface area contributed by atoms with Gasteiger partial charge >= 0.3 is 0 Å². The topological polar surface area (TPSA) is 44.5 Å². The van der Waals surface area contributed by atoms with Crippen molar-refractivity contribution in [3.05, 3.63) is 35.1 Å². The molecule has 17 heavy (non-hydrogen) atoms. The quantitative estimate of drug-likeness (QED) is 0.738. The molecular weight excluding hydrogens is 221 g/mol. The zero-order chi connectivity index (χ0) is 12.7. The summed E-state index contributed by atoms with van der Waals surface area (Å²) < 4.78 is 23.3. The van der Waals surface area contributed by atoms with Crippen LogP contribution in [0.1, 0.15) is 11.1 Å². The molecule has 4 heteroatoms. The van der Waals surface area contributed by atoms with Crippen LogP contribution < -0.4 is 5.73 Å². The van der Waals surface area contributed by atoms with Crippen LogP contribution in [0, 0.1) is 12.7 Å². The average molecular weight is 241 g/mol. The van der Waals surface area contributed by atoms with E-state index < -0.39 is 0 Å². The molecule has 3 nitrogen and oxygen atoms in total. The third-order valence-electron chi connectivity index (χ3n) is 2.56. The summed E-state index contributed by atoms with van der Waals surface area (Å²) in [5.41, 5.74) is 7.91. The maximum absolute atomic E-state index is 13.1. The highest BCUT2D eigenvalue weighted by atomic mass is 19.1. The second-order valence-electron chi connectivity index (χ2n) is 4.10. The van der Waals surface area contributed by atoms with Gasteiger partial charge in [0, 0.05) is 13.2 Å². The number of methoxy groups -OCH3 is 1. The van der Waals surface area contributed by atoms with Gasteiger partial charge in [0.2, 0.25) is 0 Å². The minimum Gasteiger partial charge on any atom is -0.382 e. The average Bonchev–Trinajstić information content (AvgIpc) is 2.29. The van der Waals surface area contributed by atoms with Crippen LogP contribution >= 0.6 is 0 Å². The zero-order valence-electron chi connectivity index (χ0n) is 10.4. The molecular formula is C13H20FNO2. The van der Waals surface area contributed by atoms with Gasteiger partial charge < -0.3 is 15.2 Å². The van der Waals surface area contributed by atoms with Crippen molar-refractivity contribution >= 4 is 0 Å². The molecule has 0 bridgehead atoms. The molecule has 0 heterocycles. The van der Waals surface area contributed by atoms with Crippen LogP contribution in [0.4, 0.5) is 4.39 Å². The largest absolute Gasteiger partial charge is 0.382 e. The summed E-state index contributed by atoms with van der Waals surface area (Å²) in [6, 6.07) is 4.64. The van der Waals surface area contributed by atoms with Crippen molar-refractivity contribution in [2.75, 3.05) is 26.9 Å². The number of benzene rings is 1. The standard InChI is InChI=1S/C13H20FNO2/c1-10-3-4-12(14)7-11(10)8-13(15)9-17-6-5-16-2/h3-4,7,13H,5-6,8-9,15H2,1-2H3. The first-order chi connectivity index (χ1) is 8.13. The van der Waals surface area contributed by atoms with E-state index in [-0.39, 0.29) is 11.9 Å². The van der Waals surface area contributed by atoms with E-state index in [4.69, 9.17) is 15.2 Å². The number of aryl methyl sites for hydroxylation is 1. The Kier molecular flexibility index (Phi) is 6.11. The number of ether oxygens (including phenoxy) is 2. The Hall–Kier alpha value is -0.970. The molecule has 1 aromatic carbocycles. The molecule has 96 valence electrons. The maximum Gasteiger partial charge on any atom is 0.123 e. The second kappa shape index (κ2) is 7.37. The maximum atomic E-state index is 13.1. The molecule has 0 aliphatic heterocycles. The predicted octanol–water partition coefficient (Wildman–Crippen LogP) is 1.67. The molecule has 0 spiro atoms. The Morgan fingerprint density at radius 3 is 2.82 bits per heavy atom. The normalized spacial score (nSPS) is 12.7. The van der Waals surface area contributed by atoms with E-state index in [1.54, 1.807) is 13.2 Å². The van der Waals surface area contributed by atoms with E-state index in [9.17, 15) is 4.39 Å². The highest BCUT2D eigenvalue weighted by Crippen LogP contribution is 2.12. The van der Waals surface area contributed by atoms with E-state index >= 15 is 0 Å². The fraction of sp³-hybridized carbons (Fsp3) is 0.538. The summed E-state index contributed by atoms with van der Waals surface area (Å²) in [6.45, 7) is 3.50. The van der Waals surface area contributed by atoms with E-state index in [1.807, 2.05) is 6.92 Å². The van der Waals surface area contributed by atoms with Gasteiger partial charge in [-0.25, -0.2) is 4.39 Å². The van der Waals surface area contributed by atoms with Gasteiger partial charge in [-0.2, -0.15) is 0 Å². The fourth-order valence-corrected chi connectivity index (χ4v) is 1.58. The van der Waals surface area contributed by atoms with Crippen molar-refractivity contribution in [3.8, 4) is 0 Å². The highest BCUT2D eigenvalue weighted by Gasteiger charge is 2.07. The molecule has 0 aliphatic carbocycles. The lowest BCUT2D eigenvalue weighted by Crippen LogP contribution is -2.29. The molecule has 0 fully saturated rings. The first kappa shape index (κ1) is 14.1. The molecule has 0 saturated heterocycles. The Morgan fingerprint density at radius 2 is 2.12 bits per heavy atom. The van der Waals surface area contributed by atoms with Crippen molar-refractivity contribution < 1.29 is 13.9 Å². The Morgan fingerprint density at radius 1 is 1.35 bits per heavy atom. The van der Waals surface area contributed by atoms with Crippen LogP contribution in [0.2, 0.25) is 0 Å². The van der Waals surface area contributed by atoms with Crippen molar-refractivity contribution in [1.29, 1.82) is 0 Å².